The Morgan fingerprint density at radius 2 is 2.10 bits per heavy atom. The van der Waals surface area contributed by atoms with Gasteiger partial charge in [0.1, 0.15) is 5.02 Å². The van der Waals surface area contributed by atoms with Crippen LogP contribution in [0.3, 0.4) is 0 Å². The number of nitrogens with zero attached hydrogens (tertiary/aromatic N) is 2. The maximum Gasteiger partial charge on any atom is 0.288 e. The standard InChI is InChI=1S/C13H14ClN3O2S/c1-13(2,3)16-12-15-10(7-20-12)8-4-5-9(14)11(6-8)17(18)19/h4-7H,1-3H3,(H,15,16). The Morgan fingerprint density at radius 3 is 2.70 bits per heavy atom. The van der Waals surface area contributed by atoms with E-state index in [4.69, 9.17) is 11.6 Å². The Hall–Kier alpha value is -1.66. The highest BCUT2D eigenvalue weighted by atomic mass is 35.5. The lowest BCUT2D eigenvalue weighted by Gasteiger charge is -2.19. The minimum absolute atomic E-state index is 0.0822. The molecule has 0 aliphatic carbocycles. The maximum atomic E-state index is 10.9. The van der Waals surface area contributed by atoms with Crippen molar-refractivity contribution in [1.82, 2.24) is 4.98 Å². The predicted molar refractivity (Wildman–Crippen MR) is 82.6 cm³/mol. The smallest absolute Gasteiger partial charge is 0.288 e. The molecule has 0 aliphatic rings. The molecule has 1 aromatic carbocycles. The summed E-state index contributed by atoms with van der Waals surface area (Å²) in [5, 5.41) is 16.9. The van der Waals surface area contributed by atoms with E-state index in [0.29, 0.717) is 11.3 Å². The van der Waals surface area contributed by atoms with E-state index in [1.54, 1.807) is 6.07 Å². The van der Waals surface area contributed by atoms with Crippen LogP contribution in [0.25, 0.3) is 11.3 Å². The number of rotatable bonds is 3. The van der Waals surface area contributed by atoms with Gasteiger partial charge in [0.15, 0.2) is 5.13 Å². The molecule has 1 N–H and O–H groups in total. The van der Waals surface area contributed by atoms with Gasteiger partial charge in [0.05, 0.1) is 10.6 Å². The van der Waals surface area contributed by atoms with Gasteiger partial charge in [-0.15, -0.1) is 11.3 Å². The molecule has 2 aromatic rings. The molecule has 20 heavy (non-hydrogen) atoms. The SMILES string of the molecule is CC(C)(C)Nc1nc(-c2ccc(Cl)c([N+](=O)[O-])c2)cs1. The monoisotopic (exact) mass is 311 g/mol. The summed E-state index contributed by atoms with van der Waals surface area (Å²) in [4.78, 5) is 14.8. The molecular formula is C13H14ClN3O2S. The van der Waals surface area contributed by atoms with Crippen LogP contribution in [0.1, 0.15) is 20.8 Å². The fraction of sp³-hybridized carbons (Fsp3) is 0.308. The van der Waals surface area contributed by atoms with Gasteiger partial charge in [-0.25, -0.2) is 4.98 Å². The van der Waals surface area contributed by atoms with E-state index in [9.17, 15) is 10.1 Å². The fourth-order valence-electron chi connectivity index (χ4n) is 1.60. The molecule has 106 valence electrons. The van der Waals surface area contributed by atoms with Crippen LogP contribution >= 0.6 is 22.9 Å². The second-order valence-corrected chi connectivity index (χ2v) is 6.60. The molecule has 0 amide bonds. The first-order valence-electron chi connectivity index (χ1n) is 5.94. The average molecular weight is 312 g/mol. The number of benzene rings is 1. The Bertz CT molecular complexity index is 649. The lowest BCUT2D eigenvalue weighted by Crippen LogP contribution is -2.25. The highest BCUT2D eigenvalue weighted by Gasteiger charge is 2.16. The zero-order valence-electron chi connectivity index (χ0n) is 11.3. The molecule has 7 heteroatoms. The summed E-state index contributed by atoms with van der Waals surface area (Å²) in [6.07, 6.45) is 0. The number of anilines is 1. The molecule has 2 rings (SSSR count). The molecule has 0 saturated heterocycles. The third-order valence-corrected chi connectivity index (χ3v) is 3.50. The molecule has 1 aromatic heterocycles. The van der Waals surface area contributed by atoms with Gasteiger partial charge in [0.2, 0.25) is 0 Å². The largest absolute Gasteiger partial charge is 0.357 e. The van der Waals surface area contributed by atoms with Crippen LogP contribution in [0, 0.1) is 10.1 Å². The topological polar surface area (TPSA) is 68.1 Å². The number of nitro groups is 1. The highest BCUT2D eigenvalue weighted by Crippen LogP contribution is 2.32. The number of hydrogen-bond acceptors (Lipinski definition) is 5. The molecular weight excluding hydrogens is 298 g/mol. The summed E-state index contributed by atoms with van der Waals surface area (Å²) >= 11 is 7.26. The summed E-state index contributed by atoms with van der Waals surface area (Å²) < 4.78 is 0. The Labute approximate surface area is 125 Å². The number of hydrogen-bond donors (Lipinski definition) is 1. The molecule has 0 spiro atoms. The third kappa shape index (κ3) is 3.46. The van der Waals surface area contributed by atoms with E-state index in [1.165, 1.54) is 23.5 Å². The number of halogens is 1. The van der Waals surface area contributed by atoms with Gasteiger partial charge >= 0.3 is 0 Å². The quantitative estimate of drug-likeness (QED) is 0.665. The molecule has 0 bridgehead atoms. The van der Waals surface area contributed by atoms with Crippen molar-refractivity contribution in [3.8, 4) is 11.3 Å². The second-order valence-electron chi connectivity index (χ2n) is 5.34. The molecule has 0 unspecified atom stereocenters. The lowest BCUT2D eigenvalue weighted by atomic mass is 10.1. The van der Waals surface area contributed by atoms with Crippen molar-refractivity contribution in [3.63, 3.8) is 0 Å². The van der Waals surface area contributed by atoms with Crippen molar-refractivity contribution in [1.29, 1.82) is 0 Å². The van der Waals surface area contributed by atoms with Crippen LogP contribution < -0.4 is 5.32 Å². The van der Waals surface area contributed by atoms with Crippen LogP contribution in [0.2, 0.25) is 5.02 Å². The second kappa shape index (κ2) is 5.38. The normalized spacial score (nSPS) is 11.4. The van der Waals surface area contributed by atoms with Gasteiger partial charge in [-0.1, -0.05) is 17.7 Å². The van der Waals surface area contributed by atoms with E-state index in [0.717, 1.165) is 5.13 Å². The van der Waals surface area contributed by atoms with E-state index < -0.39 is 4.92 Å². The van der Waals surface area contributed by atoms with Crippen molar-refractivity contribution < 1.29 is 4.92 Å². The molecule has 0 fully saturated rings. The first-order chi connectivity index (χ1) is 9.26. The fourth-order valence-corrected chi connectivity index (χ4v) is 2.71. The molecule has 1 heterocycles. The first-order valence-corrected chi connectivity index (χ1v) is 7.20. The molecule has 0 radical (unpaired) electrons. The van der Waals surface area contributed by atoms with Gasteiger partial charge < -0.3 is 5.32 Å². The first kappa shape index (κ1) is 14.7. The van der Waals surface area contributed by atoms with Gasteiger partial charge in [-0.05, 0) is 26.8 Å². The number of nitro benzene ring substituents is 1. The minimum Gasteiger partial charge on any atom is -0.357 e. The highest BCUT2D eigenvalue weighted by molar-refractivity contribution is 7.14. The Balaban J connectivity index is 2.33. The summed E-state index contributed by atoms with van der Waals surface area (Å²) in [5.74, 6) is 0. The molecule has 0 aliphatic heterocycles. The maximum absolute atomic E-state index is 10.9. The predicted octanol–water partition coefficient (Wildman–Crippen LogP) is 4.58. The number of thiazole rings is 1. The van der Waals surface area contributed by atoms with Crippen LogP contribution in [-0.2, 0) is 0 Å². The van der Waals surface area contributed by atoms with E-state index in [2.05, 4.69) is 10.3 Å². The van der Waals surface area contributed by atoms with Crippen LogP contribution in [0.5, 0.6) is 0 Å². The number of nitrogens with one attached hydrogen (secondary N) is 1. The lowest BCUT2D eigenvalue weighted by molar-refractivity contribution is -0.384. The van der Waals surface area contributed by atoms with Gasteiger partial charge in [-0.3, -0.25) is 10.1 Å². The Morgan fingerprint density at radius 1 is 1.40 bits per heavy atom. The van der Waals surface area contributed by atoms with Crippen LogP contribution in [0.4, 0.5) is 10.8 Å². The van der Waals surface area contributed by atoms with E-state index in [-0.39, 0.29) is 16.2 Å². The van der Waals surface area contributed by atoms with Gasteiger partial charge in [0.25, 0.3) is 5.69 Å². The van der Waals surface area contributed by atoms with Gasteiger partial charge in [0, 0.05) is 22.5 Å². The van der Waals surface area contributed by atoms with E-state index in [1.807, 2.05) is 26.2 Å². The zero-order valence-corrected chi connectivity index (χ0v) is 12.9. The summed E-state index contributed by atoms with van der Waals surface area (Å²) in [5.41, 5.74) is 1.18. The van der Waals surface area contributed by atoms with Crippen molar-refractivity contribution in [2.24, 2.45) is 0 Å². The Kier molecular flexibility index (Phi) is 3.96. The van der Waals surface area contributed by atoms with Crippen molar-refractivity contribution >= 4 is 33.8 Å². The van der Waals surface area contributed by atoms with Crippen LogP contribution in [-0.4, -0.2) is 15.4 Å². The molecule has 5 nitrogen and oxygen atoms in total. The number of aromatic nitrogens is 1. The van der Waals surface area contributed by atoms with Crippen molar-refractivity contribution in [2.45, 2.75) is 26.3 Å². The molecule has 0 atom stereocenters. The summed E-state index contributed by atoms with van der Waals surface area (Å²) in [6, 6.07) is 4.69. The summed E-state index contributed by atoms with van der Waals surface area (Å²) in [6.45, 7) is 6.13. The summed E-state index contributed by atoms with van der Waals surface area (Å²) in [7, 11) is 0. The van der Waals surface area contributed by atoms with Crippen LogP contribution in [0.15, 0.2) is 23.6 Å². The van der Waals surface area contributed by atoms with Crippen molar-refractivity contribution in [3.05, 3.63) is 38.7 Å². The van der Waals surface area contributed by atoms with Crippen molar-refractivity contribution in [2.75, 3.05) is 5.32 Å². The van der Waals surface area contributed by atoms with E-state index >= 15 is 0 Å². The minimum atomic E-state index is -0.494. The molecule has 0 saturated carbocycles. The zero-order chi connectivity index (χ0) is 14.9. The average Bonchev–Trinajstić information content (AvgIpc) is 2.75. The van der Waals surface area contributed by atoms with Gasteiger partial charge in [-0.2, -0.15) is 0 Å². The third-order valence-electron chi connectivity index (χ3n) is 2.42.